The second kappa shape index (κ2) is 7.42. The van der Waals surface area contributed by atoms with Crippen molar-refractivity contribution in [3.8, 4) is 0 Å². The quantitative estimate of drug-likeness (QED) is 0.740. The van der Waals surface area contributed by atoms with Gasteiger partial charge in [0.05, 0.1) is 11.7 Å². The van der Waals surface area contributed by atoms with E-state index >= 15 is 0 Å². The van der Waals surface area contributed by atoms with E-state index < -0.39 is 18.2 Å². The Balaban J connectivity index is 2.76. The monoisotopic (exact) mass is 298 g/mol. The number of aromatic carboxylic acids is 1. The normalized spacial score (nSPS) is 13.8. The summed E-state index contributed by atoms with van der Waals surface area (Å²) >= 11 is 1.08. The molecule has 1 rings (SSSR count). The Morgan fingerprint density at radius 2 is 1.95 bits per heavy atom. The zero-order valence-electron chi connectivity index (χ0n) is 11.4. The predicted octanol–water partition coefficient (Wildman–Crippen LogP) is 1.76. The van der Waals surface area contributed by atoms with Crippen molar-refractivity contribution >= 4 is 22.8 Å². The molecular formula is C14H18O5S. The Morgan fingerprint density at radius 1 is 1.30 bits per heavy atom. The first-order valence-electron chi connectivity index (χ1n) is 6.16. The van der Waals surface area contributed by atoms with Crippen molar-refractivity contribution in [2.75, 3.05) is 5.75 Å². The van der Waals surface area contributed by atoms with E-state index in [0.717, 1.165) is 11.8 Å². The molecule has 0 amide bonds. The second-order valence-electron chi connectivity index (χ2n) is 4.52. The number of carboxylic acids is 1. The van der Waals surface area contributed by atoms with E-state index in [4.69, 9.17) is 5.11 Å². The number of rotatable bonds is 6. The second-order valence-corrected chi connectivity index (χ2v) is 5.79. The van der Waals surface area contributed by atoms with Crippen LogP contribution in [0.15, 0.2) is 18.2 Å². The molecule has 0 aromatic heterocycles. The van der Waals surface area contributed by atoms with Crippen LogP contribution >= 0.6 is 11.8 Å². The zero-order valence-corrected chi connectivity index (χ0v) is 12.2. The molecule has 0 spiro atoms. The number of carbonyl (C=O) groups excluding carboxylic acids is 1. The fourth-order valence-corrected chi connectivity index (χ4v) is 2.40. The van der Waals surface area contributed by atoms with Gasteiger partial charge in [-0.2, -0.15) is 0 Å². The summed E-state index contributed by atoms with van der Waals surface area (Å²) in [5, 5.41) is 28.9. The zero-order chi connectivity index (χ0) is 15.3. The SMILES string of the molecule is CC(=O)SCCC(O)C(O)c1ccc(C)c(C(=O)O)c1. The molecule has 0 aliphatic heterocycles. The number of thioether (sulfide) groups is 1. The van der Waals surface area contributed by atoms with Crippen molar-refractivity contribution in [2.24, 2.45) is 0 Å². The van der Waals surface area contributed by atoms with Crippen molar-refractivity contribution < 1.29 is 24.9 Å². The van der Waals surface area contributed by atoms with Crippen LogP contribution in [-0.2, 0) is 4.79 Å². The number of benzene rings is 1. The Morgan fingerprint density at radius 3 is 2.50 bits per heavy atom. The van der Waals surface area contributed by atoms with Crippen molar-refractivity contribution in [3.63, 3.8) is 0 Å². The van der Waals surface area contributed by atoms with Crippen LogP contribution < -0.4 is 0 Å². The molecular weight excluding hydrogens is 280 g/mol. The summed E-state index contributed by atoms with van der Waals surface area (Å²) in [6.45, 7) is 3.10. The van der Waals surface area contributed by atoms with Crippen LogP contribution in [-0.4, -0.2) is 38.3 Å². The maximum absolute atomic E-state index is 11.0. The van der Waals surface area contributed by atoms with E-state index in [9.17, 15) is 19.8 Å². The number of hydrogen-bond donors (Lipinski definition) is 3. The highest BCUT2D eigenvalue weighted by atomic mass is 32.2. The molecule has 3 N–H and O–H groups in total. The first kappa shape index (κ1) is 16.7. The minimum atomic E-state index is -1.17. The third-order valence-electron chi connectivity index (χ3n) is 2.92. The number of hydrogen-bond acceptors (Lipinski definition) is 5. The molecule has 0 saturated heterocycles. The van der Waals surface area contributed by atoms with Gasteiger partial charge >= 0.3 is 5.97 Å². The molecule has 0 aliphatic rings. The van der Waals surface area contributed by atoms with Gasteiger partial charge in [0.25, 0.3) is 0 Å². The van der Waals surface area contributed by atoms with Crippen LogP contribution in [0, 0.1) is 6.92 Å². The lowest BCUT2D eigenvalue weighted by molar-refractivity contribution is -0.109. The van der Waals surface area contributed by atoms with Gasteiger partial charge in [0.2, 0.25) is 0 Å². The van der Waals surface area contributed by atoms with Crippen LogP contribution in [0.1, 0.15) is 40.9 Å². The van der Waals surface area contributed by atoms with Gasteiger partial charge in [0.15, 0.2) is 5.12 Å². The standard InChI is InChI=1S/C14H18O5S/c1-8-3-4-10(7-11(8)14(18)19)13(17)12(16)5-6-20-9(2)15/h3-4,7,12-13,16-17H,5-6H2,1-2H3,(H,18,19). The molecule has 20 heavy (non-hydrogen) atoms. The molecule has 1 aromatic rings. The van der Waals surface area contributed by atoms with Crippen LogP contribution in [0.3, 0.4) is 0 Å². The van der Waals surface area contributed by atoms with Crippen LogP contribution in [0.2, 0.25) is 0 Å². The summed E-state index contributed by atoms with van der Waals surface area (Å²) in [4.78, 5) is 21.8. The molecule has 0 fully saturated rings. The lowest BCUT2D eigenvalue weighted by atomic mass is 9.98. The molecule has 110 valence electrons. The fourth-order valence-electron chi connectivity index (χ4n) is 1.76. The molecule has 1 aromatic carbocycles. The molecule has 2 unspecified atom stereocenters. The molecule has 6 heteroatoms. The number of aryl methyl sites for hydroxylation is 1. The molecule has 0 heterocycles. The number of carboxylic acid groups (broad SMARTS) is 1. The maximum Gasteiger partial charge on any atom is 0.335 e. The van der Waals surface area contributed by atoms with E-state index in [1.807, 2.05) is 0 Å². The van der Waals surface area contributed by atoms with Gasteiger partial charge in [-0.15, -0.1) is 0 Å². The van der Waals surface area contributed by atoms with Gasteiger partial charge in [-0.25, -0.2) is 4.79 Å². The van der Waals surface area contributed by atoms with Crippen molar-refractivity contribution in [3.05, 3.63) is 34.9 Å². The molecule has 5 nitrogen and oxygen atoms in total. The van der Waals surface area contributed by atoms with Gasteiger partial charge in [-0.3, -0.25) is 4.79 Å². The highest BCUT2D eigenvalue weighted by Crippen LogP contribution is 2.23. The van der Waals surface area contributed by atoms with Gasteiger partial charge in [0, 0.05) is 12.7 Å². The third kappa shape index (κ3) is 4.63. The van der Waals surface area contributed by atoms with Crippen LogP contribution in [0.5, 0.6) is 0 Å². The van der Waals surface area contributed by atoms with Gasteiger partial charge in [-0.1, -0.05) is 23.9 Å². The molecule has 0 bridgehead atoms. The van der Waals surface area contributed by atoms with Crippen LogP contribution in [0.4, 0.5) is 0 Å². The lowest BCUT2D eigenvalue weighted by Gasteiger charge is -2.18. The Hall–Kier alpha value is -1.37. The molecule has 0 aliphatic carbocycles. The first-order chi connectivity index (χ1) is 9.32. The van der Waals surface area contributed by atoms with Gasteiger partial charge < -0.3 is 15.3 Å². The summed E-state index contributed by atoms with van der Waals surface area (Å²) in [5.74, 6) is -0.663. The topological polar surface area (TPSA) is 94.8 Å². The predicted molar refractivity (Wildman–Crippen MR) is 76.9 cm³/mol. The van der Waals surface area contributed by atoms with E-state index in [0.29, 0.717) is 16.9 Å². The minimum Gasteiger partial charge on any atom is -0.478 e. The summed E-state index contributed by atoms with van der Waals surface area (Å²) in [6.07, 6.45) is -1.95. The number of aliphatic hydroxyl groups is 2. The van der Waals surface area contributed by atoms with E-state index in [1.165, 1.54) is 13.0 Å². The highest BCUT2D eigenvalue weighted by Gasteiger charge is 2.20. The van der Waals surface area contributed by atoms with Crippen molar-refractivity contribution in [1.82, 2.24) is 0 Å². The lowest BCUT2D eigenvalue weighted by Crippen LogP contribution is -2.19. The van der Waals surface area contributed by atoms with Gasteiger partial charge in [0.1, 0.15) is 6.10 Å². The molecule has 0 radical (unpaired) electrons. The van der Waals surface area contributed by atoms with E-state index in [2.05, 4.69) is 0 Å². The number of carbonyl (C=O) groups is 2. The summed E-state index contributed by atoms with van der Waals surface area (Å²) in [7, 11) is 0. The van der Waals surface area contributed by atoms with Crippen molar-refractivity contribution in [1.29, 1.82) is 0 Å². The summed E-state index contributed by atoms with van der Waals surface area (Å²) in [6, 6.07) is 4.55. The minimum absolute atomic E-state index is 0.0461. The molecule has 2 atom stereocenters. The van der Waals surface area contributed by atoms with E-state index in [-0.39, 0.29) is 17.1 Å². The summed E-state index contributed by atoms with van der Waals surface area (Å²) in [5.41, 5.74) is 1.05. The Bertz CT molecular complexity index is 500. The Labute approximate surface area is 121 Å². The largest absolute Gasteiger partial charge is 0.478 e. The van der Waals surface area contributed by atoms with Crippen molar-refractivity contribution in [2.45, 2.75) is 32.5 Å². The highest BCUT2D eigenvalue weighted by molar-refractivity contribution is 8.13. The third-order valence-corrected chi connectivity index (χ3v) is 3.76. The first-order valence-corrected chi connectivity index (χ1v) is 7.14. The average Bonchev–Trinajstić information content (AvgIpc) is 2.37. The summed E-state index contributed by atoms with van der Waals surface area (Å²) < 4.78 is 0. The maximum atomic E-state index is 11.0. The van der Waals surface area contributed by atoms with Crippen LogP contribution in [0.25, 0.3) is 0 Å². The molecule has 0 saturated carbocycles. The number of aliphatic hydroxyl groups excluding tert-OH is 2. The smallest absolute Gasteiger partial charge is 0.335 e. The Kier molecular flexibility index (Phi) is 6.19. The van der Waals surface area contributed by atoms with Gasteiger partial charge in [-0.05, 0) is 30.5 Å². The average molecular weight is 298 g/mol. The fraction of sp³-hybridized carbons (Fsp3) is 0.429. The van der Waals surface area contributed by atoms with E-state index in [1.54, 1.807) is 19.1 Å².